The fraction of sp³-hybridized carbons (Fsp3) is 0.158. The zero-order valence-electron chi connectivity index (χ0n) is 13.4. The molecule has 2 aromatic carbocycles. The van der Waals surface area contributed by atoms with Gasteiger partial charge in [-0.2, -0.15) is 0 Å². The molecule has 0 unspecified atom stereocenters. The Labute approximate surface area is 144 Å². The van der Waals surface area contributed by atoms with Gasteiger partial charge in [0.2, 0.25) is 0 Å². The lowest BCUT2D eigenvalue weighted by Crippen LogP contribution is -2.21. The zero-order valence-corrected chi connectivity index (χ0v) is 13.4. The lowest BCUT2D eigenvalue weighted by Gasteiger charge is -2.08. The summed E-state index contributed by atoms with van der Waals surface area (Å²) in [5, 5.41) is 29.9. The van der Waals surface area contributed by atoms with Crippen LogP contribution in [-0.4, -0.2) is 38.5 Å². The van der Waals surface area contributed by atoms with Crippen LogP contribution in [0.25, 0.3) is 10.9 Å². The van der Waals surface area contributed by atoms with Gasteiger partial charge in [-0.3, -0.25) is 4.99 Å². The number of aromatic nitrogens is 1. The highest BCUT2D eigenvalue weighted by atomic mass is 16.4. The maximum Gasteiger partial charge on any atom is 0.328 e. The van der Waals surface area contributed by atoms with Crippen molar-refractivity contribution in [2.75, 3.05) is 0 Å². The molecule has 0 spiro atoms. The van der Waals surface area contributed by atoms with Crippen molar-refractivity contribution in [1.82, 2.24) is 4.98 Å². The molecule has 0 aliphatic carbocycles. The van der Waals surface area contributed by atoms with E-state index < -0.39 is 12.0 Å². The largest absolute Gasteiger partial charge is 0.508 e. The molecule has 4 N–H and O–H groups in total. The van der Waals surface area contributed by atoms with Gasteiger partial charge in [-0.15, -0.1) is 0 Å². The van der Waals surface area contributed by atoms with Gasteiger partial charge in [-0.1, -0.05) is 24.3 Å². The van der Waals surface area contributed by atoms with Crippen LogP contribution in [0.1, 0.15) is 11.1 Å². The maximum absolute atomic E-state index is 11.5. The predicted molar refractivity (Wildman–Crippen MR) is 95.4 cm³/mol. The topological polar surface area (TPSA) is 106 Å². The third-order valence-electron chi connectivity index (χ3n) is 4.08. The van der Waals surface area contributed by atoms with Crippen LogP contribution >= 0.6 is 0 Å². The number of carboxylic acids is 1. The van der Waals surface area contributed by atoms with E-state index in [1.54, 1.807) is 6.20 Å². The molecule has 1 atom stereocenters. The number of nitrogens with one attached hydrogen (secondary N) is 1. The Morgan fingerprint density at radius 2 is 1.84 bits per heavy atom. The Morgan fingerprint density at radius 3 is 2.56 bits per heavy atom. The van der Waals surface area contributed by atoms with Crippen LogP contribution < -0.4 is 0 Å². The number of aromatic amines is 1. The molecule has 3 aromatic rings. The second-order valence-corrected chi connectivity index (χ2v) is 5.73. The Bertz CT molecular complexity index is 910. The third-order valence-corrected chi connectivity index (χ3v) is 4.08. The molecule has 1 aromatic heterocycles. The number of phenolic OH excluding ortho intramolecular Hbond substituents is 2. The summed E-state index contributed by atoms with van der Waals surface area (Å²) in [6, 6.07) is 11.2. The summed E-state index contributed by atoms with van der Waals surface area (Å²) in [5.74, 6) is -1.12. The van der Waals surface area contributed by atoms with E-state index in [1.165, 1.54) is 24.4 Å². The molecule has 6 heteroatoms. The molecule has 6 nitrogen and oxygen atoms in total. The van der Waals surface area contributed by atoms with Crippen LogP contribution in [0.15, 0.2) is 53.7 Å². The molecule has 0 aliphatic heterocycles. The van der Waals surface area contributed by atoms with E-state index in [9.17, 15) is 20.1 Å². The third kappa shape index (κ3) is 3.63. The monoisotopic (exact) mass is 338 g/mol. The summed E-state index contributed by atoms with van der Waals surface area (Å²) in [6.45, 7) is 0. The minimum Gasteiger partial charge on any atom is -0.508 e. The Balaban J connectivity index is 1.77. The minimum atomic E-state index is -1.02. The first-order chi connectivity index (χ1) is 12.1. The number of carboxylic acid groups (broad SMARTS) is 1. The van der Waals surface area contributed by atoms with Gasteiger partial charge in [0.15, 0.2) is 6.04 Å². The van der Waals surface area contributed by atoms with Gasteiger partial charge in [0, 0.05) is 41.7 Å². The van der Waals surface area contributed by atoms with E-state index in [0.717, 1.165) is 16.5 Å². The average molecular weight is 338 g/mol. The lowest BCUT2D eigenvalue weighted by atomic mass is 10.1. The van der Waals surface area contributed by atoms with Gasteiger partial charge in [-0.25, -0.2) is 4.79 Å². The summed E-state index contributed by atoms with van der Waals surface area (Å²) >= 11 is 0. The highest BCUT2D eigenvalue weighted by molar-refractivity contribution is 5.84. The van der Waals surface area contributed by atoms with Crippen molar-refractivity contribution < 1.29 is 20.1 Å². The first kappa shape index (κ1) is 16.6. The highest BCUT2D eigenvalue weighted by Crippen LogP contribution is 2.26. The summed E-state index contributed by atoms with van der Waals surface area (Å²) in [4.78, 5) is 18.8. The number of para-hydroxylation sites is 1. The number of carbonyl (C=O) groups is 1. The first-order valence-electron chi connectivity index (χ1n) is 7.85. The molecule has 0 aliphatic rings. The van der Waals surface area contributed by atoms with E-state index in [1.807, 2.05) is 24.3 Å². The number of hydrogen-bond acceptors (Lipinski definition) is 4. The molecule has 1 heterocycles. The average Bonchev–Trinajstić information content (AvgIpc) is 2.99. The number of nitrogens with zero attached hydrogens (tertiary/aromatic N) is 1. The van der Waals surface area contributed by atoms with Gasteiger partial charge in [0.25, 0.3) is 0 Å². The number of H-pyrrole nitrogens is 1. The van der Waals surface area contributed by atoms with E-state index in [2.05, 4.69) is 9.98 Å². The van der Waals surface area contributed by atoms with E-state index in [-0.39, 0.29) is 24.3 Å². The van der Waals surface area contributed by atoms with E-state index in [0.29, 0.717) is 5.56 Å². The Hall–Kier alpha value is -3.28. The molecule has 128 valence electrons. The Morgan fingerprint density at radius 1 is 1.12 bits per heavy atom. The summed E-state index contributed by atoms with van der Waals surface area (Å²) < 4.78 is 0. The number of aromatic hydroxyl groups is 2. The molecular formula is C19H18N2O4. The highest BCUT2D eigenvalue weighted by Gasteiger charge is 2.18. The van der Waals surface area contributed by atoms with Gasteiger partial charge < -0.3 is 20.3 Å². The van der Waals surface area contributed by atoms with E-state index >= 15 is 0 Å². The van der Waals surface area contributed by atoms with Crippen LogP contribution in [0, 0.1) is 0 Å². The van der Waals surface area contributed by atoms with Crippen LogP contribution in [-0.2, 0) is 17.6 Å². The molecular weight excluding hydrogens is 320 g/mol. The predicted octanol–water partition coefficient (Wildman–Crippen LogP) is 2.89. The quantitative estimate of drug-likeness (QED) is 0.519. The number of hydrogen-bond donors (Lipinski definition) is 4. The zero-order chi connectivity index (χ0) is 17.8. The molecule has 0 saturated carbocycles. The number of aliphatic carboxylic acids is 1. The van der Waals surface area contributed by atoms with Crippen molar-refractivity contribution in [3.05, 3.63) is 59.8 Å². The lowest BCUT2D eigenvalue weighted by molar-refractivity contribution is -0.138. The van der Waals surface area contributed by atoms with Crippen molar-refractivity contribution in [3.8, 4) is 11.5 Å². The van der Waals surface area contributed by atoms with Crippen molar-refractivity contribution in [1.29, 1.82) is 0 Å². The SMILES string of the molecule is O=C(O)[C@H](Cc1c[nH]c2ccccc12)N=CCc1c(O)cccc1O. The molecule has 0 amide bonds. The van der Waals surface area contributed by atoms with Crippen LogP contribution in [0.5, 0.6) is 11.5 Å². The summed E-state index contributed by atoms with van der Waals surface area (Å²) in [7, 11) is 0. The van der Waals surface area contributed by atoms with Crippen LogP contribution in [0.3, 0.4) is 0 Å². The van der Waals surface area contributed by atoms with Gasteiger partial charge in [0.1, 0.15) is 11.5 Å². The molecule has 3 rings (SSSR count). The van der Waals surface area contributed by atoms with Crippen molar-refractivity contribution in [2.45, 2.75) is 18.9 Å². The summed E-state index contributed by atoms with van der Waals surface area (Å²) in [6.07, 6.45) is 3.62. The number of benzene rings is 2. The van der Waals surface area contributed by atoms with Crippen molar-refractivity contribution in [3.63, 3.8) is 0 Å². The van der Waals surface area contributed by atoms with E-state index in [4.69, 9.17) is 0 Å². The smallest absolute Gasteiger partial charge is 0.328 e. The first-order valence-corrected chi connectivity index (χ1v) is 7.85. The fourth-order valence-electron chi connectivity index (χ4n) is 2.76. The minimum absolute atomic E-state index is 0.0463. The summed E-state index contributed by atoms with van der Waals surface area (Å²) in [5.41, 5.74) is 2.15. The van der Waals surface area contributed by atoms with Crippen LogP contribution in [0.4, 0.5) is 0 Å². The van der Waals surface area contributed by atoms with Crippen molar-refractivity contribution in [2.24, 2.45) is 4.99 Å². The maximum atomic E-state index is 11.5. The molecule has 0 radical (unpaired) electrons. The second-order valence-electron chi connectivity index (χ2n) is 5.73. The second kappa shape index (κ2) is 7.09. The normalized spacial score (nSPS) is 12.6. The molecule has 25 heavy (non-hydrogen) atoms. The standard InChI is InChI=1S/C19H18N2O4/c22-17-6-3-7-18(23)14(17)8-9-20-16(19(24)25)10-12-11-21-15-5-2-1-4-13(12)15/h1-7,9,11,16,21-23H,8,10H2,(H,24,25)/t16-/m0/s1. The number of aliphatic imine (C=N–C) groups is 1. The molecule has 0 fully saturated rings. The van der Waals surface area contributed by atoms with Gasteiger partial charge >= 0.3 is 5.97 Å². The molecule has 0 bridgehead atoms. The van der Waals surface area contributed by atoms with Crippen molar-refractivity contribution >= 4 is 23.1 Å². The van der Waals surface area contributed by atoms with Crippen LogP contribution in [0.2, 0.25) is 0 Å². The molecule has 0 saturated heterocycles. The van der Waals surface area contributed by atoms with Gasteiger partial charge in [-0.05, 0) is 23.8 Å². The fourth-order valence-corrected chi connectivity index (χ4v) is 2.76. The Kier molecular flexibility index (Phi) is 4.70. The number of phenols is 2. The number of rotatable bonds is 6. The van der Waals surface area contributed by atoms with Gasteiger partial charge in [0.05, 0.1) is 0 Å². The number of fused-ring (bicyclic) bond motifs is 1.